The van der Waals surface area contributed by atoms with Gasteiger partial charge in [-0.15, -0.1) is 10.2 Å². The number of anilines is 1. The van der Waals surface area contributed by atoms with Crippen LogP contribution in [0.15, 0.2) is 29.1 Å². The van der Waals surface area contributed by atoms with Crippen LogP contribution in [0.1, 0.15) is 30.5 Å². The van der Waals surface area contributed by atoms with E-state index in [1.807, 2.05) is 19.1 Å². The third-order valence-electron chi connectivity index (χ3n) is 3.80. The van der Waals surface area contributed by atoms with Gasteiger partial charge in [-0.1, -0.05) is 42.9 Å². The van der Waals surface area contributed by atoms with Crippen LogP contribution >= 0.6 is 11.3 Å². The summed E-state index contributed by atoms with van der Waals surface area (Å²) < 4.78 is 1.19. The highest BCUT2D eigenvalue weighted by molar-refractivity contribution is 7.15. The van der Waals surface area contributed by atoms with Gasteiger partial charge in [-0.05, 0) is 19.4 Å². The molecule has 7 nitrogen and oxygen atoms in total. The van der Waals surface area contributed by atoms with Crippen molar-refractivity contribution in [2.75, 3.05) is 5.32 Å². The van der Waals surface area contributed by atoms with Crippen molar-refractivity contribution in [2.45, 2.75) is 39.7 Å². The second-order valence-electron chi connectivity index (χ2n) is 5.75. The number of fused-ring (bicyclic) bond motifs is 1. The lowest BCUT2D eigenvalue weighted by molar-refractivity contribution is -0.117. The second kappa shape index (κ2) is 7.52. The van der Waals surface area contributed by atoms with Crippen LogP contribution in [0.5, 0.6) is 0 Å². The van der Waals surface area contributed by atoms with E-state index in [1.165, 1.54) is 16.0 Å². The molecule has 3 rings (SSSR count). The SMILES string of the molecule is CCCCc1nnc(NC(=O)Cn2nc(C)c3ccccc3c2=O)s1. The van der Waals surface area contributed by atoms with Gasteiger partial charge in [0.05, 0.1) is 11.1 Å². The van der Waals surface area contributed by atoms with Crippen molar-refractivity contribution in [2.24, 2.45) is 0 Å². The minimum absolute atomic E-state index is 0.158. The minimum Gasteiger partial charge on any atom is -0.299 e. The summed E-state index contributed by atoms with van der Waals surface area (Å²) in [5, 5.41) is 17.7. The van der Waals surface area contributed by atoms with Crippen LogP contribution in [0.4, 0.5) is 5.13 Å². The molecule has 0 radical (unpaired) electrons. The standard InChI is InChI=1S/C17H19N5O2S/c1-3-4-9-15-19-20-17(25-15)18-14(23)10-22-16(24)13-8-6-5-7-12(13)11(2)21-22/h5-8H,3-4,9-10H2,1-2H3,(H,18,20,23). The van der Waals surface area contributed by atoms with Crippen LogP contribution in [0.25, 0.3) is 10.8 Å². The average molecular weight is 357 g/mol. The number of aryl methyl sites for hydroxylation is 2. The summed E-state index contributed by atoms with van der Waals surface area (Å²) in [6.07, 6.45) is 2.98. The zero-order valence-corrected chi connectivity index (χ0v) is 15.0. The number of unbranched alkanes of at least 4 members (excludes halogenated alkanes) is 1. The fourth-order valence-corrected chi connectivity index (χ4v) is 3.34. The van der Waals surface area contributed by atoms with Crippen LogP contribution in [-0.2, 0) is 17.8 Å². The van der Waals surface area contributed by atoms with E-state index in [-0.39, 0.29) is 18.0 Å². The van der Waals surface area contributed by atoms with Gasteiger partial charge >= 0.3 is 0 Å². The Morgan fingerprint density at radius 1 is 1.24 bits per heavy atom. The molecule has 8 heteroatoms. The maximum atomic E-state index is 12.5. The number of hydrogen-bond acceptors (Lipinski definition) is 6. The molecule has 0 fully saturated rings. The predicted octanol–water partition coefficient (Wildman–Crippen LogP) is 2.54. The average Bonchev–Trinajstić information content (AvgIpc) is 3.05. The number of benzene rings is 1. The molecule has 0 saturated carbocycles. The Morgan fingerprint density at radius 2 is 2.00 bits per heavy atom. The zero-order chi connectivity index (χ0) is 17.8. The maximum absolute atomic E-state index is 12.5. The molecule has 1 N–H and O–H groups in total. The normalized spacial score (nSPS) is 11.0. The second-order valence-corrected chi connectivity index (χ2v) is 6.81. The number of nitrogens with zero attached hydrogens (tertiary/aromatic N) is 4. The van der Waals surface area contributed by atoms with E-state index in [1.54, 1.807) is 12.1 Å². The first-order valence-electron chi connectivity index (χ1n) is 8.17. The first-order valence-corrected chi connectivity index (χ1v) is 8.99. The molecule has 2 aromatic heterocycles. The predicted molar refractivity (Wildman–Crippen MR) is 97.9 cm³/mol. The van der Waals surface area contributed by atoms with Crippen LogP contribution in [0.2, 0.25) is 0 Å². The van der Waals surface area contributed by atoms with E-state index >= 15 is 0 Å². The van der Waals surface area contributed by atoms with Crippen LogP contribution < -0.4 is 10.9 Å². The molecule has 1 amide bonds. The molecule has 0 atom stereocenters. The number of hydrogen-bond donors (Lipinski definition) is 1. The highest BCUT2D eigenvalue weighted by Crippen LogP contribution is 2.17. The largest absolute Gasteiger partial charge is 0.299 e. The molecule has 0 saturated heterocycles. The van der Waals surface area contributed by atoms with E-state index in [0.29, 0.717) is 16.2 Å². The summed E-state index contributed by atoms with van der Waals surface area (Å²) in [7, 11) is 0. The van der Waals surface area contributed by atoms with Crippen LogP contribution in [0.3, 0.4) is 0 Å². The number of nitrogens with one attached hydrogen (secondary N) is 1. The van der Waals surface area contributed by atoms with Gasteiger partial charge in [0, 0.05) is 11.8 Å². The Balaban J connectivity index is 1.75. The van der Waals surface area contributed by atoms with E-state index in [0.717, 1.165) is 29.7 Å². The summed E-state index contributed by atoms with van der Waals surface area (Å²) in [5.41, 5.74) is 0.429. The van der Waals surface area contributed by atoms with Gasteiger partial charge in [0.15, 0.2) is 0 Å². The van der Waals surface area contributed by atoms with Crippen molar-refractivity contribution in [1.82, 2.24) is 20.0 Å². The third kappa shape index (κ3) is 3.90. The van der Waals surface area contributed by atoms with Crippen molar-refractivity contribution in [3.8, 4) is 0 Å². The summed E-state index contributed by atoms with van der Waals surface area (Å²) in [4.78, 5) is 24.7. The van der Waals surface area contributed by atoms with Crippen LogP contribution in [-0.4, -0.2) is 25.9 Å². The smallest absolute Gasteiger partial charge is 0.275 e. The van der Waals surface area contributed by atoms with Crippen molar-refractivity contribution < 1.29 is 4.79 Å². The van der Waals surface area contributed by atoms with Gasteiger partial charge in [-0.25, -0.2) is 4.68 Å². The molecule has 0 aliphatic rings. The molecule has 25 heavy (non-hydrogen) atoms. The van der Waals surface area contributed by atoms with E-state index in [2.05, 4.69) is 27.5 Å². The number of aromatic nitrogens is 4. The lowest BCUT2D eigenvalue weighted by atomic mass is 10.1. The van der Waals surface area contributed by atoms with Gasteiger partial charge < -0.3 is 0 Å². The van der Waals surface area contributed by atoms with Crippen LogP contribution in [0, 0.1) is 6.92 Å². The molecule has 2 heterocycles. The zero-order valence-electron chi connectivity index (χ0n) is 14.2. The molecule has 0 aliphatic heterocycles. The van der Waals surface area contributed by atoms with E-state index in [4.69, 9.17) is 0 Å². The monoisotopic (exact) mass is 357 g/mol. The molecule has 0 aliphatic carbocycles. The Bertz CT molecular complexity index is 963. The van der Waals surface area contributed by atoms with Crippen molar-refractivity contribution in [1.29, 1.82) is 0 Å². The van der Waals surface area contributed by atoms with Crippen molar-refractivity contribution >= 4 is 33.1 Å². The highest BCUT2D eigenvalue weighted by atomic mass is 32.1. The molecule has 0 spiro atoms. The fourth-order valence-electron chi connectivity index (χ4n) is 2.54. The molecule has 130 valence electrons. The summed E-state index contributed by atoms with van der Waals surface area (Å²) in [6.45, 7) is 3.77. The topological polar surface area (TPSA) is 89.8 Å². The van der Waals surface area contributed by atoms with Gasteiger partial charge in [-0.3, -0.25) is 14.9 Å². The van der Waals surface area contributed by atoms with Gasteiger partial charge in [0.2, 0.25) is 11.0 Å². The summed E-state index contributed by atoms with van der Waals surface area (Å²) in [6, 6.07) is 7.25. The minimum atomic E-state index is -0.345. The maximum Gasteiger partial charge on any atom is 0.275 e. The highest BCUT2D eigenvalue weighted by Gasteiger charge is 2.13. The molecule has 0 bridgehead atoms. The number of amides is 1. The fraction of sp³-hybridized carbons (Fsp3) is 0.353. The molecule has 3 aromatic rings. The summed E-state index contributed by atoms with van der Waals surface area (Å²) >= 11 is 1.36. The lowest BCUT2D eigenvalue weighted by Crippen LogP contribution is -2.30. The molecular formula is C17H19N5O2S. The van der Waals surface area contributed by atoms with E-state index in [9.17, 15) is 9.59 Å². The number of carbonyl (C=O) groups is 1. The van der Waals surface area contributed by atoms with Gasteiger partial charge in [0.1, 0.15) is 11.6 Å². The Hall–Kier alpha value is -2.61. The Labute approximate surface area is 148 Å². The molecular weight excluding hydrogens is 338 g/mol. The Morgan fingerprint density at radius 3 is 2.76 bits per heavy atom. The summed E-state index contributed by atoms with van der Waals surface area (Å²) in [5.74, 6) is -0.345. The Kier molecular flexibility index (Phi) is 5.18. The third-order valence-corrected chi connectivity index (χ3v) is 4.70. The quantitative estimate of drug-likeness (QED) is 0.732. The first kappa shape index (κ1) is 17.2. The molecule has 0 unspecified atom stereocenters. The number of rotatable bonds is 6. The first-order chi connectivity index (χ1) is 12.1. The van der Waals surface area contributed by atoms with Gasteiger partial charge in [-0.2, -0.15) is 5.10 Å². The van der Waals surface area contributed by atoms with Gasteiger partial charge in [0.25, 0.3) is 5.56 Å². The number of carbonyl (C=O) groups excluding carboxylic acids is 1. The van der Waals surface area contributed by atoms with Crippen molar-refractivity contribution in [3.05, 3.63) is 45.3 Å². The lowest BCUT2D eigenvalue weighted by Gasteiger charge is -2.08. The molecule has 1 aromatic carbocycles. The van der Waals surface area contributed by atoms with Crippen molar-refractivity contribution in [3.63, 3.8) is 0 Å². The van der Waals surface area contributed by atoms with E-state index < -0.39 is 0 Å².